The van der Waals surface area contributed by atoms with E-state index >= 15 is 0 Å². The van der Waals surface area contributed by atoms with Gasteiger partial charge in [-0.15, -0.1) is 0 Å². The molecule has 0 spiro atoms. The first-order valence-electron chi connectivity index (χ1n) is 11.4. The molecule has 190 valence electrons. The zero-order valence-corrected chi connectivity index (χ0v) is 21.2. The van der Waals surface area contributed by atoms with Crippen LogP contribution in [0, 0.1) is 5.41 Å². The minimum atomic E-state index is -0.440. The Morgan fingerprint density at radius 3 is 2.42 bits per heavy atom. The molecule has 0 unspecified atom stereocenters. The van der Waals surface area contributed by atoms with Crippen LogP contribution in [0.4, 0.5) is 17.1 Å². The summed E-state index contributed by atoms with van der Waals surface area (Å²) >= 11 is 0. The lowest BCUT2D eigenvalue weighted by Gasteiger charge is -2.22. The van der Waals surface area contributed by atoms with Crippen LogP contribution in [0.5, 0.6) is 29.0 Å². The Morgan fingerprint density at radius 1 is 1.03 bits per heavy atom. The fourth-order valence-corrected chi connectivity index (χ4v) is 4.03. The van der Waals surface area contributed by atoms with Gasteiger partial charge in [-0.3, -0.25) is 9.98 Å². The van der Waals surface area contributed by atoms with E-state index in [1.807, 2.05) is 53.1 Å². The Morgan fingerprint density at radius 2 is 1.75 bits per heavy atom. The molecular formula is C26H31N5O5. The van der Waals surface area contributed by atoms with Crippen LogP contribution in [0.15, 0.2) is 46.4 Å². The number of anilines is 2. The first-order valence-corrected chi connectivity index (χ1v) is 11.4. The SMILES string of the molecule is CN=C(c1cccc(Nc2c(O)[nH]c(O)c2N=C(c2ccc3c(c2)OCO3)C(C)(C)C)c1O)N(C)C. The number of ether oxygens (including phenoxy) is 2. The molecule has 4 rings (SSSR count). The molecule has 5 N–H and O–H groups in total. The molecule has 0 bridgehead atoms. The monoisotopic (exact) mass is 493 g/mol. The van der Waals surface area contributed by atoms with Gasteiger partial charge in [0.25, 0.3) is 0 Å². The van der Waals surface area contributed by atoms with Crippen LogP contribution in [0.2, 0.25) is 0 Å². The van der Waals surface area contributed by atoms with Crippen molar-refractivity contribution in [3.8, 4) is 29.0 Å². The Bertz CT molecular complexity index is 1350. The van der Waals surface area contributed by atoms with Gasteiger partial charge in [0.2, 0.25) is 18.6 Å². The van der Waals surface area contributed by atoms with Crippen molar-refractivity contribution in [1.82, 2.24) is 9.88 Å². The molecule has 0 aliphatic carbocycles. The number of hydrogen-bond acceptors (Lipinski definition) is 8. The van der Waals surface area contributed by atoms with E-state index in [4.69, 9.17) is 14.5 Å². The number of phenolic OH excluding ortho intramolecular Hbond substituents is 1. The maximum atomic E-state index is 11.0. The zero-order chi connectivity index (χ0) is 26.2. The number of aromatic nitrogens is 1. The highest BCUT2D eigenvalue weighted by molar-refractivity contribution is 6.07. The smallest absolute Gasteiger partial charge is 0.231 e. The molecule has 0 saturated heterocycles. The van der Waals surface area contributed by atoms with Gasteiger partial charge < -0.3 is 35.0 Å². The molecule has 10 heteroatoms. The molecule has 0 saturated carbocycles. The van der Waals surface area contributed by atoms with E-state index in [9.17, 15) is 15.3 Å². The van der Waals surface area contributed by atoms with Crippen LogP contribution in [0.1, 0.15) is 31.9 Å². The Labute approximate surface area is 209 Å². The van der Waals surface area contributed by atoms with Gasteiger partial charge in [0.05, 0.1) is 17.0 Å². The lowest BCUT2D eigenvalue weighted by molar-refractivity contribution is 0.174. The van der Waals surface area contributed by atoms with Crippen molar-refractivity contribution in [1.29, 1.82) is 0 Å². The number of aliphatic imine (C=N–C) groups is 2. The van der Waals surface area contributed by atoms with Crippen LogP contribution in [-0.4, -0.2) is 64.7 Å². The van der Waals surface area contributed by atoms with E-state index in [1.54, 1.807) is 30.1 Å². The summed E-state index contributed by atoms with van der Waals surface area (Å²) in [6, 6.07) is 10.7. The second kappa shape index (κ2) is 9.37. The third-order valence-electron chi connectivity index (χ3n) is 5.69. The van der Waals surface area contributed by atoms with Crippen molar-refractivity contribution < 1.29 is 24.8 Å². The lowest BCUT2D eigenvalue weighted by Crippen LogP contribution is -2.23. The standard InChI is InChI=1S/C26H31N5O5/c1-26(2,3)22(14-10-11-17-18(12-14)36-13-35-17)29-20-19(24(33)30-25(20)34)28-16-9-7-8-15(21(16)32)23(27-4)31(5)6/h7-12,28,30,32-34H,13H2,1-6H3. The Kier molecular flexibility index (Phi) is 6.45. The number of benzene rings is 2. The summed E-state index contributed by atoms with van der Waals surface area (Å²) < 4.78 is 10.9. The summed E-state index contributed by atoms with van der Waals surface area (Å²) in [5.41, 5.74) is 2.00. The van der Waals surface area contributed by atoms with Crippen LogP contribution in [0.25, 0.3) is 0 Å². The lowest BCUT2D eigenvalue weighted by atomic mass is 9.85. The summed E-state index contributed by atoms with van der Waals surface area (Å²) in [6.45, 7) is 6.14. The van der Waals surface area contributed by atoms with Crippen molar-refractivity contribution in [2.75, 3.05) is 33.3 Å². The maximum Gasteiger partial charge on any atom is 0.231 e. The van der Waals surface area contributed by atoms with Gasteiger partial charge in [-0.05, 0) is 30.3 Å². The van der Waals surface area contributed by atoms with E-state index in [1.165, 1.54) is 0 Å². The van der Waals surface area contributed by atoms with Gasteiger partial charge in [-0.2, -0.15) is 0 Å². The minimum absolute atomic E-state index is 0.0614. The quantitative estimate of drug-likeness (QED) is 0.197. The topological polar surface area (TPSA) is 135 Å². The predicted molar refractivity (Wildman–Crippen MR) is 140 cm³/mol. The normalized spacial score (nSPS) is 13.7. The molecule has 0 radical (unpaired) electrons. The summed E-state index contributed by atoms with van der Waals surface area (Å²) in [4.78, 5) is 13.3. The van der Waals surface area contributed by atoms with Gasteiger partial charge in [-0.25, -0.2) is 4.99 Å². The highest BCUT2D eigenvalue weighted by Crippen LogP contribution is 2.46. The summed E-state index contributed by atoms with van der Waals surface area (Å²) in [5, 5.41) is 35.2. The third-order valence-corrected chi connectivity index (χ3v) is 5.69. The van der Waals surface area contributed by atoms with Gasteiger partial charge in [0.15, 0.2) is 17.2 Å². The van der Waals surface area contributed by atoms with E-state index in [2.05, 4.69) is 15.3 Å². The molecule has 2 aromatic carbocycles. The number of fused-ring (bicyclic) bond motifs is 1. The first kappa shape index (κ1) is 24.8. The number of nitrogens with one attached hydrogen (secondary N) is 2. The van der Waals surface area contributed by atoms with Crippen molar-refractivity contribution in [2.24, 2.45) is 15.4 Å². The average Bonchev–Trinajstić information content (AvgIpc) is 3.37. The zero-order valence-electron chi connectivity index (χ0n) is 21.2. The number of aromatic amines is 1. The summed E-state index contributed by atoms with van der Waals surface area (Å²) in [6.07, 6.45) is 0. The fourth-order valence-electron chi connectivity index (χ4n) is 4.03. The minimum Gasteiger partial charge on any atom is -0.505 e. The second-order valence-electron chi connectivity index (χ2n) is 9.59. The number of para-hydroxylation sites is 1. The van der Waals surface area contributed by atoms with Crippen molar-refractivity contribution >= 4 is 28.6 Å². The number of rotatable bonds is 5. The van der Waals surface area contributed by atoms with E-state index in [0.717, 1.165) is 5.56 Å². The highest BCUT2D eigenvalue weighted by atomic mass is 16.7. The van der Waals surface area contributed by atoms with Crippen LogP contribution >= 0.6 is 0 Å². The number of aromatic hydroxyl groups is 3. The van der Waals surface area contributed by atoms with Crippen molar-refractivity contribution in [3.63, 3.8) is 0 Å². The molecule has 3 aromatic rings. The molecule has 0 fully saturated rings. The summed E-state index contributed by atoms with van der Waals surface area (Å²) in [7, 11) is 5.30. The van der Waals surface area contributed by atoms with Gasteiger partial charge >= 0.3 is 0 Å². The van der Waals surface area contributed by atoms with E-state index < -0.39 is 5.41 Å². The van der Waals surface area contributed by atoms with Gasteiger partial charge in [0, 0.05) is 32.1 Å². The molecule has 1 aliphatic heterocycles. The average molecular weight is 494 g/mol. The van der Waals surface area contributed by atoms with Crippen molar-refractivity contribution in [3.05, 3.63) is 47.5 Å². The van der Waals surface area contributed by atoms with Crippen LogP contribution in [-0.2, 0) is 0 Å². The largest absolute Gasteiger partial charge is 0.505 e. The van der Waals surface area contributed by atoms with E-state index in [0.29, 0.717) is 34.3 Å². The number of nitrogens with zero attached hydrogens (tertiary/aromatic N) is 3. The number of hydrogen-bond donors (Lipinski definition) is 5. The molecule has 1 aliphatic rings. The fraction of sp³-hybridized carbons (Fsp3) is 0.308. The van der Waals surface area contributed by atoms with Gasteiger partial charge in [0.1, 0.15) is 17.3 Å². The van der Waals surface area contributed by atoms with Crippen LogP contribution < -0.4 is 14.8 Å². The van der Waals surface area contributed by atoms with Crippen molar-refractivity contribution in [2.45, 2.75) is 20.8 Å². The molecule has 0 amide bonds. The molecular weight excluding hydrogens is 462 g/mol. The highest BCUT2D eigenvalue weighted by Gasteiger charge is 2.27. The number of amidine groups is 1. The van der Waals surface area contributed by atoms with Crippen LogP contribution in [0.3, 0.4) is 0 Å². The molecule has 10 nitrogen and oxygen atoms in total. The Hall–Kier alpha value is -4.34. The molecule has 2 heterocycles. The first-order chi connectivity index (χ1) is 17.0. The number of phenols is 1. The second-order valence-corrected chi connectivity index (χ2v) is 9.59. The summed E-state index contributed by atoms with van der Waals surface area (Å²) in [5.74, 6) is 1.13. The maximum absolute atomic E-state index is 11.0. The number of H-pyrrole nitrogens is 1. The molecule has 0 atom stereocenters. The molecule has 1 aromatic heterocycles. The van der Waals surface area contributed by atoms with E-state index in [-0.39, 0.29) is 35.7 Å². The molecule has 36 heavy (non-hydrogen) atoms. The van der Waals surface area contributed by atoms with Gasteiger partial charge in [-0.1, -0.05) is 26.8 Å². The Balaban J connectivity index is 1.81. The predicted octanol–water partition coefficient (Wildman–Crippen LogP) is 4.71. The third kappa shape index (κ3) is 4.61.